The lowest BCUT2D eigenvalue weighted by atomic mass is 10.1. The molecule has 0 aliphatic carbocycles. The normalized spacial score (nSPS) is 14.3. The number of esters is 1. The second kappa shape index (κ2) is 8.46. The largest absolute Gasteiger partial charge is 0.452 e. The lowest BCUT2D eigenvalue weighted by Gasteiger charge is -2.37. The maximum absolute atomic E-state index is 12.5. The fourth-order valence-electron chi connectivity index (χ4n) is 3.49. The predicted molar refractivity (Wildman–Crippen MR) is 106 cm³/mol. The molecule has 1 fully saturated rings. The molecule has 1 amide bonds. The van der Waals surface area contributed by atoms with Gasteiger partial charge in [-0.05, 0) is 44.4 Å². The molecule has 1 aromatic heterocycles. The number of carbonyl (C=O) groups is 2. The highest BCUT2D eigenvalue weighted by Gasteiger charge is 2.25. The van der Waals surface area contributed by atoms with Gasteiger partial charge in [0, 0.05) is 31.9 Å². The van der Waals surface area contributed by atoms with E-state index >= 15 is 0 Å². The molecule has 0 bridgehead atoms. The standard InChI is InChI=1S/C21H27N3O4/c1-5-17-20(16(4)28-22-17)21(26)27-13-19(25)24-11-9-23(10-12-24)18-8-6-7-14(2)15(18)3/h6-8H,5,9-13H2,1-4H3. The lowest BCUT2D eigenvalue weighted by Crippen LogP contribution is -2.50. The number of nitrogens with zero attached hydrogens (tertiary/aromatic N) is 3. The third-order valence-corrected chi connectivity index (χ3v) is 5.35. The summed E-state index contributed by atoms with van der Waals surface area (Å²) in [7, 11) is 0. The van der Waals surface area contributed by atoms with Gasteiger partial charge in [-0.15, -0.1) is 0 Å². The van der Waals surface area contributed by atoms with Gasteiger partial charge in [0.1, 0.15) is 11.3 Å². The summed E-state index contributed by atoms with van der Waals surface area (Å²) in [4.78, 5) is 28.8. The molecule has 28 heavy (non-hydrogen) atoms. The monoisotopic (exact) mass is 385 g/mol. The number of aromatic nitrogens is 1. The minimum absolute atomic E-state index is 0.180. The number of aryl methyl sites for hydroxylation is 3. The lowest BCUT2D eigenvalue weighted by molar-refractivity contribution is -0.134. The first kappa shape index (κ1) is 19.9. The number of amides is 1. The molecule has 1 saturated heterocycles. The summed E-state index contributed by atoms with van der Waals surface area (Å²) < 4.78 is 10.3. The summed E-state index contributed by atoms with van der Waals surface area (Å²) in [5.74, 6) is -0.324. The van der Waals surface area contributed by atoms with E-state index in [-0.39, 0.29) is 12.5 Å². The van der Waals surface area contributed by atoms with Crippen LogP contribution in [0.2, 0.25) is 0 Å². The average molecular weight is 385 g/mol. The molecule has 0 saturated carbocycles. The molecule has 7 heteroatoms. The second-order valence-corrected chi connectivity index (χ2v) is 7.08. The van der Waals surface area contributed by atoms with Gasteiger partial charge >= 0.3 is 5.97 Å². The molecule has 1 aliphatic heterocycles. The van der Waals surface area contributed by atoms with Crippen molar-refractivity contribution in [3.05, 3.63) is 46.3 Å². The van der Waals surface area contributed by atoms with E-state index in [1.807, 2.05) is 6.92 Å². The van der Waals surface area contributed by atoms with Gasteiger partial charge in [-0.1, -0.05) is 24.2 Å². The molecule has 0 spiro atoms. The number of hydrogen-bond donors (Lipinski definition) is 0. The van der Waals surface area contributed by atoms with Gasteiger partial charge in [-0.3, -0.25) is 4.79 Å². The molecule has 2 heterocycles. The molecule has 1 aromatic carbocycles. The number of benzene rings is 1. The molecule has 1 aliphatic rings. The van der Waals surface area contributed by atoms with Crippen LogP contribution in [0.5, 0.6) is 0 Å². The Labute approximate surface area is 165 Å². The summed E-state index contributed by atoms with van der Waals surface area (Å²) in [6.45, 7) is 10.2. The van der Waals surface area contributed by atoms with Gasteiger partial charge in [0.15, 0.2) is 6.61 Å². The Morgan fingerprint density at radius 1 is 1.14 bits per heavy atom. The van der Waals surface area contributed by atoms with Crippen LogP contribution in [0.4, 0.5) is 5.69 Å². The summed E-state index contributed by atoms with van der Waals surface area (Å²) >= 11 is 0. The second-order valence-electron chi connectivity index (χ2n) is 7.08. The van der Waals surface area contributed by atoms with Crippen LogP contribution in [0.15, 0.2) is 22.7 Å². The number of ether oxygens (including phenoxy) is 1. The summed E-state index contributed by atoms with van der Waals surface area (Å²) in [6, 6.07) is 6.29. The third kappa shape index (κ3) is 4.03. The van der Waals surface area contributed by atoms with Crippen molar-refractivity contribution in [2.45, 2.75) is 34.1 Å². The van der Waals surface area contributed by atoms with Gasteiger partial charge in [-0.25, -0.2) is 4.79 Å². The quantitative estimate of drug-likeness (QED) is 0.737. The summed E-state index contributed by atoms with van der Waals surface area (Å²) in [5.41, 5.74) is 4.63. The van der Waals surface area contributed by atoms with E-state index < -0.39 is 5.97 Å². The van der Waals surface area contributed by atoms with Crippen LogP contribution < -0.4 is 4.90 Å². The fourth-order valence-corrected chi connectivity index (χ4v) is 3.49. The van der Waals surface area contributed by atoms with Gasteiger partial charge in [0.25, 0.3) is 5.91 Å². The predicted octanol–water partition coefficient (Wildman–Crippen LogP) is 2.67. The minimum atomic E-state index is -0.557. The van der Waals surface area contributed by atoms with Crippen molar-refractivity contribution in [3.63, 3.8) is 0 Å². The van der Waals surface area contributed by atoms with Gasteiger partial charge in [0.05, 0.1) is 5.69 Å². The van der Waals surface area contributed by atoms with Crippen molar-refractivity contribution >= 4 is 17.6 Å². The zero-order valence-corrected chi connectivity index (χ0v) is 16.9. The molecular formula is C21H27N3O4. The first-order chi connectivity index (χ1) is 13.4. The molecule has 0 radical (unpaired) electrons. The van der Waals surface area contributed by atoms with Gasteiger partial charge in [-0.2, -0.15) is 0 Å². The highest BCUT2D eigenvalue weighted by molar-refractivity contribution is 5.93. The maximum Gasteiger partial charge on any atom is 0.344 e. The Morgan fingerprint density at radius 3 is 2.54 bits per heavy atom. The van der Waals surface area contributed by atoms with Crippen LogP contribution >= 0.6 is 0 Å². The number of hydrogen-bond acceptors (Lipinski definition) is 6. The van der Waals surface area contributed by atoms with E-state index in [1.54, 1.807) is 11.8 Å². The van der Waals surface area contributed by atoms with Crippen LogP contribution in [0, 0.1) is 20.8 Å². The first-order valence-corrected chi connectivity index (χ1v) is 9.63. The van der Waals surface area contributed by atoms with E-state index in [2.05, 4.69) is 42.1 Å². The zero-order chi connectivity index (χ0) is 20.3. The van der Waals surface area contributed by atoms with Crippen LogP contribution in [-0.2, 0) is 16.0 Å². The van der Waals surface area contributed by atoms with Crippen molar-refractivity contribution < 1.29 is 18.8 Å². The Balaban J connectivity index is 1.53. The molecule has 7 nitrogen and oxygen atoms in total. The van der Waals surface area contributed by atoms with Crippen molar-refractivity contribution in [2.24, 2.45) is 0 Å². The first-order valence-electron chi connectivity index (χ1n) is 9.63. The van der Waals surface area contributed by atoms with E-state index in [9.17, 15) is 9.59 Å². The van der Waals surface area contributed by atoms with E-state index in [0.717, 1.165) is 13.1 Å². The van der Waals surface area contributed by atoms with Crippen LogP contribution in [-0.4, -0.2) is 54.7 Å². The SMILES string of the molecule is CCc1noc(C)c1C(=O)OCC(=O)N1CCN(c2cccc(C)c2C)CC1. The average Bonchev–Trinajstić information content (AvgIpc) is 3.09. The van der Waals surface area contributed by atoms with E-state index in [4.69, 9.17) is 9.26 Å². The maximum atomic E-state index is 12.5. The highest BCUT2D eigenvalue weighted by Crippen LogP contribution is 2.24. The Bertz CT molecular complexity index is 867. The Kier molecular flexibility index (Phi) is 6.02. The van der Waals surface area contributed by atoms with Crippen LogP contribution in [0.1, 0.15) is 39.9 Å². The van der Waals surface area contributed by atoms with Crippen molar-refractivity contribution in [2.75, 3.05) is 37.7 Å². The highest BCUT2D eigenvalue weighted by atomic mass is 16.5. The zero-order valence-electron chi connectivity index (χ0n) is 16.9. The summed E-state index contributed by atoms with van der Waals surface area (Å²) in [6.07, 6.45) is 0.566. The van der Waals surface area contributed by atoms with Crippen LogP contribution in [0.3, 0.4) is 0 Å². The topological polar surface area (TPSA) is 75.9 Å². The van der Waals surface area contributed by atoms with Gasteiger partial charge in [0.2, 0.25) is 0 Å². The number of piperazine rings is 1. The molecule has 150 valence electrons. The molecule has 0 unspecified atom stereocenters. The Hall–Kier alpha value is -2.83. The summed E-state index contributed by atoms with van der Waals surface area (Å²) in [5, 5.41) is 3.85. The van der Waals surface area contributed by atoms with Crippen molar-refractivity contribution in [1.82, 2.24) is 10.1 Å². The van der Waals surface area contributed by atoms with Crippen LogP contribution in [0.25, 0.3) is 0 Å². The smallest absolute Gasteiger partial charge is 0.344 e. The van der Waals surface area contributed by atoms with Crippen molar-refractivity contribution in [1.29, 1.82) is 0 Å². The Morgan fingerprint density at radius 2 is 1.86 bits per heavy atom. The number of carbonyl (C=O) groups excluding carboxylic acids is 2. The molecule has 2 aromatic rings. The van der Waals surface area contributed by atoms with E-state index in [1.165, 1.54) is 16.8 Å². The van der Waals surface area contributed by atoms with E-state index in [0.29, 0.717) is 36.5 Å². The number of rotatable bonds is 5. The molecule has 0 N–H and O–H groups in total. The fraction of sp³-hybridized carbons (Fsp3) is 0.476. The molecule has 3 rings (SSSR count). The molecule has 0 atom stereocenters. The number of anilines is 1. The molecular weight excluding hydrogens is 358 g/mol. The minimum Gasteiger partial charge on any atom is -0.452 e. The van der Waals surface area contributed by atoms with Crippen molar-refractivity contribution in [3.8, 4) is 0 Å². The third-order valence-electron chi connectivity index (χ3n) is 5.35. The van der Waals surface area contributed by atoms with Gasteiger partial charge < -0.3 is 19.1 Å².